The lowest BCUT2D eigenvalue weighted by atomic mass is 9.97. The zero-order valence-electron chi connectivity index (χ0n) is 17.8. The van der Waals surface area contributed by atoms with Crippen LogP contribution in [-0.4, -0.2) is 47.6 Å². The maximum atomic E-state index is 13.0. The van der Waals surface area contributed by atoms with Crippen LogP contribution in [0.4, 0.5) is 0 Å². The second-order valence-corrected chi connectivity index (χ2v) is 9.03. The molecule has 4 rings (SSSR count). The normalized spacial score (nSPS) is 20.2. The van der Waals surface area contributed by atoms with Gasteiger partial charge in [0.2, 0.25) is 0 Å². The number of rotatable bonds is 7. The zero-order valence-corrected chi connectivity index (χ0v) is 18.6. The predicted molar refractivity (Wildman–Crippen MR) is 119 cm³/mol. The summed E-state index contributed by atoms with van der Waals surface area (Å²) in [7, 11) is 0. The maximum absolute atomic E-state index is 13.0. The zero-order chi connectivity index (χ0) is 22.0. The van der Waals surface area contributed by atoms with Crippen molar-refractivity contribution in [3.8, 4) is 5.75 Å². The lowest BCUT2D eigenvalue weighted by molar-refractivity contribution is -0.140. The molecule has 0 bridgehead atoms. The number of aliphatic hydroxyl groups excluding tert-OH is 1. The molecule has 1 amide bonds. The molecule has 1 unspecified atom stereocenters. The standard InChI is InChI=1S/C24H27NO5S/c1-15(2)29-12-5-10-25-21(19-7-4-13-31-19)20(23(27)24(25)28)22(26)17-8-9-18-16(14-17)6-3-11-30-18/h4,7-9,13-15,21,26H,3,5-6,10-12H2,1-2H3/b22-20-. The van der Waals surface area contributed by atoms with E-state index in [1.54, 1.807) is 11.0 Å². The molecule has 2 aliphatic heterocycles. The van der Waals surface area contributed by atoms with Gasteiger partial charge in [-0.1, -0.05) is 6.07 Å². The Morgan fingerprint density at radius 3 is 2.90 bits per heavy atom. The van der Waals surface area contributed by atoms with Gasteiger partial charge in [0.25, 0.3) is 11.7 Å². The average molecular weight is 442 g/mol. The lowest BCUT2D eigenvalue weighted by Gasteiger charge is -2.24. The van der Waals surface area contributed by atoms with Gasteiger partial charge in [-0.3, -0.25) is 9.59 Å². The number of amides is 1. The fourth-order valence-corrected chi connectivity index (χ4v) is 4.92. The van der Waals surface area contributed by atoms with Crippen LogP contribution in [0.5, 0.6) is 5.75 Å². The van der Waals surface area contributed by atoms with E-state index in [0.29, 0.717) is 31.7 Å². The van der Waals surface area contributed by atoms with Crippen LogP contribution in [0, 0.1) is 0 Å². The van der Waals surface area contributed by atoms with Crippen molar-refractivity contribution in [2.45, 2.75) is 45.3 Å². The van der Waals surface area contributed by atoms with E-state index >= 15 is 0 Å². The van der Waals surface area contributed by atoms with Crippen molar-refractivity contribution < 1.29 is 24.2 Å². The van der Waals surface area contributed by atoms with Gasteiger partial charge in [0.15, 0.2) is 0 Å². The van der Waals surface area contributed by atoms with Crippen LogP contribution in [0.1, 0.15) is 48.7 Å². The van der Waals surface area contributed by atoms with Crippen molar-refractivity contribution in [2.24, 2.45) is 0 Å². The molecule has 0 aliphatic carbocycles. The van der Waals surface area contributed by atoms with E-state index in [2.05, 4.69) is 0 Å². The fraction of sp³-hybridized carbons (Fsp3) is 0.417. The fourth-order valence-electron chi connectivity index (χ4n) is 4.07. The van der Waals surface area contributed by atoms with Gasteiger partial charge in [-0.05, 0) is 68.3 Å². The minimum absolute atomic E-state index is 0.108. The molecule has 1 N–H and O–H groups in total. The first-order valence-corrected chi connectivity index (χ1v) is 11.5. The van der Waals surface area contributed by atoms with Crippen molar-refractivity contribution in [3.05, 3.63) is 57.3 Å². The number of aryl methyl sites for hydroxylation is 1. The van der Waals surface area contributed by atoms with Crippen LogP contribution >= 0.6 is 11.3 Å². The van der Waals surface area contributed by atoms with Gasteiger partial charge >= 0.3 is 0 Å². The van der Waals surface area contributed by atoms with Crippen LogP contribution in [0.25, 0.3) is 5.76 Å². The Morgan fingerprint density at radius 2 is 2.16 bits per heavy atom. The molecule has 164 valence electrons. The highest BCUT2D eigenvalue weighted by molar-refractivity contribution is 7.10. The number of hydrogen-bond acceptors (Lipinski definition) is 6. The Bertz CT molecular complexity index is 995. The van der Waals surface area contributed by atoms with Crippen molar-refractivity contribution in [3.63, 3.8) is 0 Å². The van der Waals surface area contributed by atoms with Gasteiger partial charge < -0.3 is 19.5 Å². The summed E-state index contributed by atoms with van der Waals surface area (Å²) < 4.78 is 11.2. The van der Waals surface area contributed by atoms with Gasteiger partial charge in [-0.15, -0.1) is 11.3 Å². The van der Waals surface area contributed by atoms with Crippen molar-refractivity contribution in [1.29, 1.82) is 0 Å². The molecule has 6 nitrogen and oxygen atoms in total. The van der Waals surface area contributed by atoms with Gasteiger partial charge in [0, 0.05) is 23.6 Å². The third-order valence-electron chi connectivity index (χ3n) is 5.53. The number of nitrogens with zero attached hydrogens (tertiary/aromatic N) is 1. The molecule has 1 atom stereocenters. The van der Waals surface area contributed by atoms with Crippen molar-refractivity contribution in [2.75, 3.05) is 19.8 Å². The summed E-state index contributed by atoms with van der Waals surface area (Å²) in [6.07, 6.45) is 2.49. The monoisotopic (exact) mass is 441 g/mol. The highest BCUT2D eigenvalue weighted by Crippen LogP contribution is 2.41. The van der Waals surface area contributed by atoms with E-state index in [1.807, 2.05) is 43.5 Å². The average Bonchev–Trinajstić information content (AvgIpc) is 3.38. The predicted octanol–water partition coefficient (Wildman–Crippen LogP) is 4.31. The van der Waals surface area contributed by atoms with E-state index in [1.165, 1.54) is 11.3 Å². The molecule has 0 radical (unpaired) electrons. The van der Waals surface area contributed by atoms with Crippen LogP contribution in [0.15, 0.2) is 41.3 Å². The Kier molecular flexibility index (Phi) is 6.43. The number of benzene rings is 1. The first-order valence-electron chi connectivity index (χ1n) is 10.7. The number of carbonyl (C=O) groups is 2. The number of likely N-dealkylation sites (tertiary alicyclic amines) is 1. The number of hydrogen-bond donors (Lipinski definition) is 1. The Balaban J connectivity index is 1.69. The molecule has 31 heavy (non-hydrogen) atoms. The van der Waals surface area contributed by atoms with Gasteiger partial charge in [0.05, 0.1) is 24.3 Å². The highest BCUT2D eigenvalue weighted by atomic mass is 32.1. The first-order chi connectivity index (χ1) is 15.0. The van der Waals surface area contributed by atoms with Gasteiger partial charge in [-0.2, -0.15) is 0 Å². The van der Waals surface area contributed by atoms with E-state index in [0.717, 1.165) is 29.0 Å². The number of fused-ring (bicyclic) bond motifs is 1. The summed E-state index contributed by atoms with van der Waals surface area (Å²) in [5.74, 6) is -0.547. The van der Waals surface area contributed by atoms with Crippen LogP contribution in [0.2, 0.25) is 0 Å². The quantitative estimate of drug-likeness (QED) is 0.300. The maximum Gasteiger partial charge on any atom is 0.295 e. The summed E-state index contributed by atoms with van der Waals surface area (Å²) in [5.41, 5.74) is 1.68. The van der Waals surface area contributed by atoms with Crippen LogP contribution in [-0.2, 0) is 20.7 Å². The number of Topliss-reactive ketones (excluding diaryl/α,β-unsaturated/α-hetero) is 1. The molecule has 0 spiro atoms. The smallest absolute Gasteiger partial charge is 0.295 e. The molecule has 1 aromatic carbocycles. The molecule has 3 heterocycles. The van der Waals surface area contributed by atoms with Crippen LogP contribution in [0.3, 0.4) is 0 Å². The third kappa shape index (κ3) is 4.38. The third-order valence-corrected chi connectivity index (χ3v) is 6.45. The molecular weight excluding hydrogens is 414 g/mol. The summed E-state index contributed by atoms with van der Waals surface area (Å²) in [6, 6.07) is 8.62. The summed E-state index contributed by atoms with van der Waals surface area (Å²) >= 11 is 1.47. The Hall–Kier alpha value is -2.64. The number of aliphatic hydroxyl groups is 1. The van der Waals surface area contributed by atoms with Gasteiger partial charge in [0.1, 0.15) is 11.5 Å². The molecule has 7 heteroatoms. The largest absolute Gasteiger partial charge is 0.507 e. The summed E-state index contributed by atoms with van der Waals surface area (Å²) in [4.78, 5) is 28.3. The van der Waals surface area contributed by atoms with E-state index in [-0.39, 0.29) is 17.4 Å². The van der Waals surface area contributed by atoms with E-state index < -0.39 is 17.7 Å². The molecule has 1 saturated heterocycles. The number of carbonyl (C=O) groups excluding carboxylic acids is 2. The second-order valence-electron chi connectivity index (χ2n) is 8.06. The van der Waals surface area contributed by atoms with Gasteiger partial charge in [-0.25, -0.2) is 0 Å². The molecule has 2 aliphatic rings. The lowest BCUT2D eigenvalue weighted by Crippen LogP contribution is -2.31. The molecule has 1 aromatic heterocycles. The minimum Gasteiger partial charge on any atom is -0.507 e. The molecule has 2 aromatic rings. The number of thiophene rings is 1. The minimum atomic E-state index is -0.644. The van der Waals surface area contributed by atoms with Crippen molar-refractivity contribution in [1.82, 2.24) is 4.90 Å². The Labute approximate surface area is 186 Å². The second kappa shape index (κ2) is 9.24. The molecule has 0 saturated carbocycles. The number of ether oxygens (including phenoxy) is 2. The SMILES string of the molecule is CC(C)OCCCN1C(=O)C(=O)/C(=C(\O)c2ccc3c(c2)CCCO3)C1c1cccs1. The summed E-state index contributed by atoms with van der Waals surface area (Å²) in [5, 5.41) is 13.1. The molecular formula is C24H27NO5S. The summed E-state index contributed by atoms with van der Waals surface area (Å²) in [6.45, 7) is 5.49. The molecule has 1 fully saturated rings. The Morgan fingerprint density at radius 1 is 1.32 bits per heavy atom. The van der Waals surface area contributed by atoms with Crippen molar-refractivity contribution >= 4 is 28.8 Å². The first kappa shape index (κ1) is 21.6. The van der Waals surface area contributed by atoms with Crippen LogP contribution < -0.4 is 4.74 Å². The van der Waals surface area contributed by atoms with E-state index in [9.17, 15) is 14.7 Å². The topological polar surface area (TPSA) is 76.1 Å². The van der Waals surface area contributed by atoms with E-state index in [4.69, 9.17) is 9.47 Å². The highest BCUT2D eigenvalue weighted by Gasteiger charge is 2.46. The number of ketones is 1.